The highest BCUT2D eigenvalue weighted by molar-refractivity contribution is 5.74. The molecule has 0 heterocycles. The molecule has 0 spiro atoms. The molecule has 0 aromatic carbocycles. The molecular formula is C12H20NO3+. The fourth-order valence-electron chi connectivity index (χ4n) is 1.95. The van der Waals surface area contributed by atoms with Crippen LogP contribution in [-0.2, 0) is 9.53 Å². The van der Waals surface area contributed by atoms with Gasteiger partial charge in [-0.25, -0.2) is 4.58 Å². The third kappa shape index (κ3) is 2.84. The molecule has 0 aromatic heterocycles. The third-order valence-electron chi connectivity index (χ3n) is 3.08. The number of hydrogen-bond donors (Lipinski definition) is 1. The van der Waals surface area contributed by atoms with Crippen molar-refractivity contribution in [2.75, 3.05) is 14.1 Å². The Labute approximate surface area is 96.2 Å². The molecule has 4 heteroatoms. The number of ether oxygens (including phenoxy) is 1. The van der Waals surface area contributed by atoms with Gasteiger partial charge >= 0.3 is 12.4 Å². The first-order valence-electron chi connectivity index (χ1n) is 5.48. The first-order chi connectivity index (χ1) is 7.43. The summed E-state index contributed by atoms with van der Waals surface area (Å²) in [7, 11) is 3.80. The molecular weight excluding hydrogens is 206 g/mol. The van der Waals surface area contributed by atoms with Crippen molar-refractivity contribution in [3.05, 3.63) is 11.1 Å². The van der Waals surface area contributed by atoms with Crippen molar-refractivity contribution >= 4 is 12.4 Å². The van der Waals surface area contributed by atoms with Gasteiger partial charge < -0.3 is 9.84 Å². The molecule has 0 fully saturated rings. The fraction of sp³-hybridized carbons (Fsp3) is 0.667. The molecule has 4 nitrogen and oxygen atoms in total. The lowest BCUT2D eigenvalue weighted by Crippen LogP contribution is -2.28. The number of carboxylic acids is 1. The Morgan fingerprint density at radius 2 is 2.00 bits per heavy atom. The molecule has 16 heavy (non-hydrogen) atoms. The molecule has 1 N–H and O–H groups in total. The highest BCUT2D eigenvalue weighted by atomic mass is 16.5. The van der Waals surface area contributed by atoms with Crippen LogP contribution in [0.4, 0.5) is 0 Å². The van der Waals surface area contributed by atoms with E-state index in [1.54, 1.807) is 6.40 Å². The Morgan fingerprint density at radius 1 is 1.38 bits per heavy atom. The first kappa shape index (κ1) is 12.7. The predicted molar refractivity (Wildman–Crippen MR) is 61.8 cm³/mol. The largest absolute Gasteiger partial charge is 0.481 e. The van der Waals surface area contributed by atoms with Gasteiger partial charge in [0.25, 0.3) is 0 Å². The van der Waals surface area contributed by atoms with Crippen molar-refractivity contribution in [1.82, 2.24) is 0 Å². The highest BCUT2D eigenvalue weighted by Gasteiger charge is 2.30. The minimum absolute atomic E-state index is 0.0259. The molecule has 1 aliphatic carbocycles. The molecule has 2 atom stereocenters. The molecule has 90 valence electrons. The molecule has 0 saturated heterocycles. The fourth-order valence-corrected chi connectivity index (χ4v) is 1.95. The molecule has 0 amide bonds. The van der Waals surface area contributed by atoms with Crippen LogP contribution in [0.25, 0.3) is 0 Å². The maximum Gasteiger partial charge on any atom is 0.323 e. The molecule has 0 aromatic rings. The summed E-state index contributed by atoms with van der Waals surface area (Å²) >= 11 is 0. The first-order valence-corrected chi connectivity index (χ1v) is 5.48. The number of rotatable bonds is 3. The zero-order chi connectivity index (χ0) is 12.3. The van der Waals surface area contributed by atoms with Crippen LogP contribution >= 0.6 is 0 Å². The van der Waals surface area contributed by atoms with E-state index in [4.69, 9.17) is 9.84 Å². The maximum absolute atomic E-state index is 11.0. The van der Waals surface area contributed by atoms with E-state index in [2.05, 4.69) is 0 Å². The van der Waals surface area contributed by atoms with Gasteiger partial charge in [-0.15, -0.1) is 0 Å². The third-order valence-corrected chi connectivity index (χ3v) is 3.08. The van der Waals surface area contributed by atoms with Gasteiger partial charge in [0.1, 0.15) is 20.2 Å². The quantitative estimate of drug-likeness (QED) is 0.343. The van der Waals surface area contributed by atoms with Crippen molar-refractivity contribution in [1.29, 1.82) is 0 Å². The van der Waals surface area contributed by atoms with Gasteiger partial charge in [0.15, 0.2) is 0 Å². The summed E-state index contributed by atoms with van der Waals surface area (Å²) in [6, 6.07) is 0. The van der Waals surface area contributed by atoms with Crippen LogP contribution in [0.1, 0.15) is 26.7 Å². The minimum atomic E-state index is -0.730. The normalized spacial score (nSPS) is 25.2. The molecule has 1 aliphatic rings. The van der Waals surface area contributed by atoms with E-state index in [1.165, 1.54) is 0 Å². The Morgan fingerprint density at radius 3 is 2.50 bits per heavy atom. The van der Waals surface area contributed by atoms with Gasteiger partial charge in [-0.2, -0.15) is 0 Å². The lowest BCUT2D eigenvalue weighted by molar-refractivity contribution is -0.468. The average Bonchev–Trinajstić information content (AvgIpc) is 2.19. The van der Waals surface area contributed by atoms with Gasteiger partial charge in [-0.3, -0.25) is 4.79 Å². The van der Waals surface area contributed by atoms with Crippen LogP contribution in [0, 0.1) is 5.92 Å². The van der Waals surface area contributed by atoms with E-state index in [0.717, 1.165) is 17.6 Å². The van der Waals surface area contributed by atoms with E-state index in [1.807, 2.05) is 32.5 Å². The number of nitrogens with zero attached hydrogens (tertiary/aromatic N) is 1. The van der Waals surface area contributed by atoms with E-state index >= 15 is 0 Å². The smallest absolute Gasteiger partial charge is 0.323 e. The van der Waals surface area contributed by atoms with Crippen molar-refractivity contribution < 1.29 is 19.2 Å². The van der Waals surface area contributed by atoms with E-state index in [9.17, 15) is 4.79 Å². The van der Waals surface area contributed by atoms with Crippen LogP contribution < -0.4 is 0 Å². The van der Waals surface area contributed by atoms with E-state index < -0.39 is 5.97 Å². The number of carbonyl (C=O) groups is 1. The summed E-state index contributed by atoms with van der Waals surface area (Å²) in [6.45, 7) is 3.85. The van der Waals surface area contributed by atoms with Crippen molar-refractivity contribution in [3.63, 3.8) is 0 Å². The molecule has 0 aliphatic heterocycles. The van der Waals surface area contributed by atoms with Crippen LogP contribution in [0.2, 0.25) is 0 Å². The van der Waals surface area contributed by atoms with Crippen molar-refractivity contribution in [2.45, 2.75) is 32.8 Å². The summed E-state index contributed by atoms with van der Waals surface area (Å²) in [5.74, 6) is -1.06. The van der Waals surface area contributed by atoms with Gasteiger partial charge in [-0.05, 0) is 32.3 Å². The maximum atomic E-state index is 11.0. The zero-order valence-corrected chi connectivity index (χ0v) is 10.4. The summed E-state index contributed by atoms with van der Waals surface area (Å²) < 4.78 is 7.44. The van der Waals surface area contributed by atoms with Gasteiger partial charge in [0.2, 0.25) is 0 Å². The van der Waals surface area contributed by atoms with E-state index in [-0.39, 0.29) is 12.0 Å². The van der Waals surface area contributed by atoms with E-state index in [0.29, 0.717) is 6.42 Å². The minimum Gasteiger partial charge on any atom is -0.481 e. The van der Waals surface area contributed by atoms with Crippen molar-refractivity contribution in [2.24, 2.45) is 5.92 Å². The van der Waals surface area contributed by atoms with Crippen LogP contribution in [-0.4, -0.2) is 42.3 Å². The lowest BCUT2D eigenvalue weighted by Gasteiger charge is -2.27. The second-order valence-corrected chi connectivity index (χ2v) is 4.53. The Hall–Kier alpha value is -1.32. The summed E-state index contributed by atoms with van der Waals surface area (Å²) in [6.07, 6.45) is 3.12. The second-order valence-electron chi connectivity index (χ2n) is 4.53. The Kier molecular flexibility index (Phi) is 4.10. The molecule has 0 unspecified atom stereocenters. The lowest BCUT2D eigenvalue weighted by atomic mass is 9.82. The van der Waals surface area contributed by atoms with Crippen LogP contribution in [0.5, 0.6) is 0 Å². The summed E-state index contributed by atoms with van der Waals surface area (Å²) in [4.78, 5) is 11.0. The van der Waals surface area contributed by atoms with Crippen LogP contribution in [0.3, 0.4) is 0 Å². The van der Waals surface area contributed by atoms with Gasteiger partial charge in [0, 0.05) is 0 Å². The van der Waals surface area contributed by atoms with Gasteiger partial charge in [-0.1, -0.05) is 5.57 Å². The van der Waals surface area contributed by atoms with Crippen molar-refractivity contribution in [3.8, 4) is 0 Å². The molecule has 0 saturated carbocycles. The van der Waals surface area contributed by atoms with Crippen LogP contribution in [0.15, 0.2) is 11.1 Å². The number of aliphatic carboxylic acids is 1. The standard InChI is InChI=1S/C12H19NO3/c1-8-9(2)11(16-7-13(3)4)6-5-10(8)12(14)15/h7,10-11H,5-6H2,1-4H3/p+1/t10-,11+/m0/s1. The van der Waals surface area contributed by atoms with Gasteiger partial charge in [0.05, 0.1) is 5.92 Å². The summed E-state index contributed by atoms with van der Waals surface area (Å²) in [5, 5.41) is 9.04. The summed E-state index contributed by atoms with van der Waals surface area (Å²) in [5.41, 5.74) is 1.99. The topological polar surface area (TPSA) is 49.5 Å². The SMILES string of the molecule is CC1=C(C)[C@H](OC=[N+](C)C)CC[C@@H]1C(=O)O. The highest BCUT2D eigenvalue weighted by Crippen LogP contribution is 2.31. The molecule has 0 bridgehead atoms. The number of hydrogen-bond acceptors (Lipinski definition) is 2. The number of carboxylic acid groups (broad SMARTS) is 1. The zero-order valence-electron chi connectivity index (χ0n) is 10.4. The molecule has 1 rings (SSSR count). The second kappa shape index (κ2) is 5.14. The monoisotopic (exact) mass is 226 g/mol. The Bertz CT molecular complexity index is 340. The molecule has 0 radical (unpaired) electrons. The Balaban J connectivity index is 2.80. The predicted octanol–water partition coefficient (Wildman–Crippen LogP) is 1.50. The average molecular weight is 226 g/mol.